The largest absolute Gasteiger partial charge is 0.508 e. The molecule has 0 saturated heterocycles. The van der Waals surface area contributed by atoms with Gasteiger partial charge in [-0.1, -0.05) is 17.9 Å². The summed E-state index contributed by atoms with van der Waals surface area (Å²) in [4.78, 5) is 13.1. The molecule has 108 valence electrons. The molecule has 4 nitrogen and oxygen atoms in total. The molecule has 2 aromatic rings. The van der Waals surface area contributed by atoms with Gasteiger partial charge in [0, 0.05) is 26.9 Å². The van der Waals surface area contributed by atoms with Crippen molar-refractivity contribution in [3.05, 3.63) is 51.2 Å². The molecule has 1 amide bonds. The van der Waals surface area contributed by atoms with Crippen molar-refractivity contribution in [2.75, 3.05) is 6.61 Å². The maximum atomic E-state index is 12.1. The fraction of sp³-hybridized carbons (Fsp3) is 0.188. The van der Waals surface area contributed by atoms with E-state index in [1.54, 1.807) is 25.1 Å². The van der Waals surface area contributed by atoms with Gasteiger partial charge >= 0.3 is 0 Å². The van der Waals surface area contributed by atoms with Crippen LogP contribution in [0.25, 0.3) is 0 Å². The number of hydrogen-bond acceptors (Lipinski definition) is 4. The highest BCUT2D eigenvalue weighted by Gasteiger charge is 2.11. The third-order valence-corrected chi connectivity index (χ3v) is 3.88. The number of thiophene rings is 1. The summed E-state index contributed by atoms with van der Waals surface area (Å²) in [6.07, 6.45) is 0. The predicted molar refractivity (Wildman–Crippen MR) is 82.3 cm³/mol. The van der Waals surface area contributed by atoms with Gasteiger partial charge in [-0.2, -0.15) is 0 Å². The lowest BCUT2D eigenvalue weighted by molar-refractivity contribution is 0.0950. The standard InChI is InChI=1S/C16H15NO3S/c1-11-14(5-2-6-15(11)19)16(20)17-9-13-8-12(10-21-13)4-3-7-18/h2,5-6,8,10,18-19H,7,9H2,1H3,(H,17,20). The molecule has 0 saturated carbocycles. The molecule has 2 rings (SSSR count). The Bertz CT molecular complexity index is 710. The average Bonchev–Trinajstić information content (AvgIpc) is 2.93. The molecule has 0 radical (unpaired) electrons. The molecule has 0 unspecified atom stereocenters. The minimum Gasteiger partial charge on any atom is -0.508 e. The van der Waals surface area contributed by atoms with Crippen molar-refractivity contribution in [3.8, 4) is 17.6 Å². The molecule has 0 aliphatic heterocycles. The van der Waals surface area contributed by atoms with E-state index in [0.29, 0.717) is 17.7 Å². The number of aliphatic hydroxyl groups excluding tert-OH is 1. The Morgan fingerprint density at radius 1 is 1.43 bits per heavy atom. The summed E-state index contributed by atoms with van der Waals surface area (Å²) in [7, 11) is 0. The number of nitrogens with one attached hydrogen (secondary N) is 1. The molecule has 5 heteroatoms. The van der Waals surface area contributed by atoms with E-state index in [1.165, 1.54) is 11.3 Å². The molecule has 1 heterocycles. The molecular formula is C16H15NO3S. The predicted octanol–water partition coefficient (Wildman–Crippen LogP) is 2.04. The minimum atomic E-state index is -0.222. The van der Waals surface area contributed by atoms with Gasteiger partial charge in [-0.3, -0.25) is 4.79 Å². The van der Waals surface area contributed by atoms with Crippen LogP contribution in [0.2, 0.25) is 0 Å². The van der Waals surface area contributed by atoms with Gasteiger partial charge in [-0.25, -0.2) is 0 Å². The van der Waals surface area contributed by atoms with E-state index in [2.05, 4.69) is 17.2 Å². The van der Waals surface area contributed by atoms with Gasteiger partial charge in [-0.05, 0) is 25.1 Å². The normalized spacial score (nSPS) is 9.81. The molecule has 0 bridgehead atoms. The van der Waals surface area contributed by atoms with E-state index in [-0.39, 0.29) is 18.3 Å². The van der Waals surface area contributed by atoms with Crippen LogP contribution in [0, 0.1) is 18.8 Å². The molecule has 0 atom stereocenters. The highest BCUT2D eigenvalue weighted by molar-refractivity contribution is 7.10. The van der Waals surface area contributed by atoms with Crippen molar-refractivity contribution in [1.82, 2.24) is 5.32 Å². The Morgan fingerprint density at radius 2 is 2.24 bits per heavy atom. The van der Waals surface area contributed by atoms with Crippen molar-refractivity contribution in [2.45, 2.75) is 13.5 Å². The highest BCUT2D eigenvalue weighted by Crippen LogP contribution is 2.20. The molecule has 21 heavy (non-hydrogen) atoms. The summed E-state index contributed by atoms with van der Waals surface area (Å²) in [6, 6.07) is 6.75. The minimum absolute atomic E-state index is 0.111. The number of benzene rings is 1. The third-order valence-electron chi connectivity index (χ3n) is 2.94. The SMILES string of the molecule is Cc1c(O)cccc1C(=O)NCc1cc(C#CCO)cs1. The maximum Gasteiger partial charge on any atom is 0.251 e. The van der Waals surface area contributed by atoms with Crippen LogP contribution in [0.1, 0.15) is 26.4 Å². The number of phenols is 1. The van der Waals surface area contributed by atoms with E-state index in [1.807, 2.05) is 11.4 Å². The van der Waals surface area contributed by atoms with Gasteiger partial charge < -0.3 is 15.5 Å². The fourth-order valence-electron chi connectivity index (χ4n) is 1.81. The van der Waals surface area contributed by atoms with E-state index >= 15 is 0 Å². The van der Waals surface area contributed by atoms with Crippen LogP contribution in [0.3, 0.4) is 0 Å². The van der Waals surface area contributed by atoms with Crippen molar-refractivity contribution in [2.24, 2.45) is 0 Å². The molecule has 1 aromatic carbocycles. The molecule has 1 aromatic heterocycles. The van der Waals surface area contributed by atoms with E-state index in [4.69, 9.17) is 5.11 Å². The maximum absolute atomic E-state index is 12.1. The number of carbonyl (C=O) groups excluding carboxylic acids is 1. The summed E-state index contributed by atoms with van der Waals surface area (Å²) in [5.74, 6) is 5.28. The number of aromatic hydroxyl groups is 1. The smallest absolute Gasteiger partial charge is 0.251 e. The van der Waals surface area contributed by atoms with E-state index in [0.717, 1.165) is 10.4 Å². The number of rotatable bonds is 3. The highest BCUT2D eigenvalue weighted by atomic mass is 32.1. The Morgan fingerprint density at radius 3 is 3.00 bits per heavy atom. The first-order valence-electron chi connectivity index (χ1n) is 6.35. The number of aliphatic hydroxyl groups is 1. The van der Waals surface area contributed by atoms with Gasteiger partial charge in [0.1, 0.15) is 12.4 Å². The lowest BCUT2D eigenvalue weighted by Gasteiger charge is -2.07. The lowest BCUT2D eigenvalue weighted by atomic mass is 10.1. The van der Waals surface area contributed by atoms with Crippen molar-refractivity contribution in [1.29, 1.82) is 0 Å². The zero-order valence-corrected chi connectivity index (χ0v) is 12.3. The van der Waals surface area contributed by atoms with Crippen LogP contribution in [0.15, 0.2) is 29.6 Å². The topological polar surface area (TPSA) is 69.6 Å². The monoisotopic (exact) mass is 301 g/mol. The van der Waals surface area contributed by atoms with Gasteiger partial charge in [0.05, 0.1) is 6.54 Å². The van der Waals surface area contributed by atoms with Crippen LogP contribution in [-0.2, 0) is 6.54 Å². The van der Waals surface area contributed by atoms with Crippen molar-refractivity contribution < 1.29 is 15.0 Å². The van der Waals surface area contributed by atoms with Crippen LogP contribution in [0.5, 0.6) is 5.75 Å². The quantitative estimate of drug-likeness (QED) is 0.760. The van der Waals surface area contributed by atoms with Crippen LogP contribution in [0.4, 0.5) is 0 Å². The van der Waals surface area contributed by atoms with E-state index in [9.17, 15) is 9.90 Å². The molecule has 3 N–H and O–H groups in total. The lowest BCUT2D eigenvalue weighted by Crippen LogP contribution is -2.23. The molecule has 0 fully saturated rings. The van der Waals surface area contributed by atoms with Crippen LogP contribution >= 0.6 is 11.3 Å². The Labute approximate surface area is 127 Å². The zero-order valence-electron chi connectivity index (χ0n) is 11.5. The number of amides is 1. The molecule has 0 spiro atoms. The summed E-state index contributed by atoms with van der Waals surface area (Å²) in [5.41, 5.74) is 1.86. The van der Waals surface area contributed by atoms with Crippen molar-refractivity contribution in [3.63, 3.8) is 0 Å². The third kappa shape index (κ3) is 3.85. The van der Waals surface area contributed by atoms with Crippen LogP contribution < -0.4 is 5.32 Å². The second-order valence-corrected chi connectivity index (χ2v) is 5.39. The zero-order chi connectivity index (χ0) is 15.2. The molecule has 0 aliphatic carbocycles. The Balaban J connectivity index is 2.01. The average molecular weight is 301 g/mol. The Hall–Kier alpha value is -2.29. The first-order valence-corrected chi connectivity index (χ1v) is 7.23. The molecular weight excluding hydrogens is 286 g/mol. The summed E-state index contributed by atoms with van der Waals surface area (Å²) >= 11 is 1.50. The van der Waals surface area contributed by atoms with Gasteiger partial charge in [-0.15, -0.1) is 11.3 Å². The number of hydrogen-bond donors (Lipinski definition) is 3. The fourth-order valence-corrected chi connectivity index (χ4v) is 2.57. The summed E-state index contributed by atoms with van der Waals surface area (Å²) < 4.78 is 0. The van der Waals surface area contributed by atoms with Gasteiger partial charge in [0.25, 0.3) is 5.91 Å². The van der Waals surface area contributed by atoms with Gasteiger partial charge in [0.15, 0.2) is 0 Å². The first kappa shape index (κ1) is 15.1. The second kappa shape index (κ2) is 6.93. The van der Waals surface area contributed by atoms with Crippen molar-refractivity contribution >= 4 is 17.2 Å². The second-order valence-electron chi connectivity index (χ2n) is 4.39. The summed E-state index contributed by atoms with van der Waals surface area (Å²) in [5, 5.41) is 22.9. The van der Waals surface area contributed by atoms with Gasteiger partial charge in [0.2, 0.25) is 0 Å². The summed E-state index contributed by atoms with van der Waals surface area (Å²) in [6.45, 7) is 1.94. The number of phenolic OH excluding ortho intramolecular Hbond substituents is 1. The molecule has 0 aliphatic rings. The van der Waals surface area contributed by atoms with Crippen LogP contribution in [-0.4, -0.2) is 22.7 Å². The first-order chi connectivity index (χ1) is 10.1. The van der Waals surface area contributed by atoms with E-state index < -0.39 is 0 Å². The Kier molecular flexibility index (Phi) is 4.99. The number of carbonyl (C=O) groups is 1.